The normalized spacial score (nSPS) is 10.5. The molecule has 21 heavy (non-hydrogen) atoms. The summed E-state index contributed by atoms with van der Waals surface area (Å²) in [6.07, 6.45) is 0. The van der Waals surface area contributed by atoms with E-state index in [2.05, 4.69) is 20.6 Å². The van der Waals surface area contributed by atoms with Crippen molar-refractivity contribution in [3.05, 3.63) is 46.2 Å². The van der Waals surface area contributed by atoms with Gasteiger partial charge in [-0.05, 0) is 25.1 Å². The first-order valence-corrected chi connectivity index (χ1v) is 6.95. The van der Waals surface area contributed by atoms with Crippen LogP contribution in [0.15, 0.2) is 24.3 Å². The molecule has 0 fully saturated rings. The number of hydrogen-bond donors (Lipinski definition) is 1. The first-order valence-electron chi connectivity index (χ1n) is 6.13. The molecule has 7 nitrogen and oxygen atoms in total. The number of amides is 1. The number of aromatic nitrogens is 4. The lowest BCUT2D eigenvalue weighted by Gasteiger charge is -2.02. The highest BCUT2D eigenvalue weighted by atomic mass is 32.1. The largest absolute Gasteiger partial charge is 0.345 e. The molecule has 0 bridgehead atoms. The minimum atomic E-state index is -0.241. The Morgan fingerprint density at radius 1 is 1.48 bits per heavy atom. The lowest BCUT2D eigenvalue weighted by atomic mass is 10.1. The number of carbonyl (C=O) groups is 1. The van der Waals surface area contributed by atoms with Crippen LogP contribution in [0.4, 0.5) is 0 Å². The molecule has 2 aromatic heterocycles. The quantitative estimate of drug-likeness (QED) is 0.786. The number of benzene rings is 1. The molecular weight excluding hydrogens is 288 g/mol. The van der Waals surface area contributed by atoms with E-state index in [0.717, 1.165) is 5.01 Å². The molecule has 1 N–H and O–H groups in total. The number of aryl methyl sites for hydroxylation is 1. The van der Waals surface area contributed by atoms with Gasteiger partial charge < -0.3 is 5.32 Å². The molecule has 0 atom stereocenters. The molecule has 0 spiro atoms. The fourth-order valence-corrected chi connectivity index (χ4v) is 2.63. The number of rotatable bonds is 3. The summed E-state index contributed by atoms with van der Waals surface area (Å²) in [4.78, 5) is 12.7. The molecule has 0 saturated heterocycles. The summed E-state index contributed by atoms with van der Waals surface area (Å²) < 4.78 is 1.64. The molecule has 0 aliphatic carbocycles. The zero-order valence-corrected chi connectivity index (χ0v) is 11.9. The number of nitriles is 1. The Morgan fingerprint density at radius 2 is 2.33 bits per heavy atom. The fourth-order valence-electron chi connectivity index (χ4n) is 1.81. The van der Waals surface area contributed by atoms with Crippen molar-refractivity contribution in [1.82, 2.24) is 25.1 Å². The van der Waals surface area contributed by atoms with Crippen LogP contribution < -0.4 is 5.32 Å². The number of carbonyl (C=O) groups excluding carboxylic acids is 1. The van der Waals surface area contributed by atoms with Gasteiger partial charge in [0, 0.05) is 5.56 Å². The summed E-state index contributed by atoms with van der Waals surface area (Å²) in [5, 5.41) is 24.5. The van der Waals surface area contributed by atoms with Crippen LogP contribution in [0.5, 0.6) is 0 Å². The third-order valence-electron chi connectivity index (χ3n) is 2.84. The van der Waals surface area contributed by atoms with Gasteiger partial charge in [0.1, 0.15) is 5.01 Å². The van der Waals surface area contributed by atoms with Crippen molar-refractivity contribution in [1.29, 1.82) is 5.26 Å². The van der Waals surface area contributed by atoms with Crippen molar-refractivity contribution in [2.45, 2.75) is 13.5 Å². The molecular formula is C13H10N6OS. The van der Waals surface area contributed by atoms with Crippen molar-refractivity contribution < 1.29 is 4.79 Å². The standard InChI is InChI=1S/C13H10N6OS/c1-8-16-17-13-19(8)18-11(21-13)7-15-12(20)10-4-2-3-9(5-10)6-14/h2-5H,7H2,1H3,(H,15,20). The van der Waals surface area contributed by atoms with Crippen LogP contribution in [0.25, 0.3) is 4.96 Å². The van der Waals surface area contributed by atoms with E-state index in [-0.39, 0.29) is 5.91 Å². The Hall–Kier alpha value is -2.79. The van der Waals surface area contributed by atoms with Crippen molar-refractivity contribution in [2.24, 2.45) is 0 Å². The second kappa shape index (κ2) is 5.30. The zero-order valence-electron chi connectivity index (χ0n) is 11.1. The van der Waals surface area contributed by atoms with Gasteiger partial charge in [0.25, 0.3) is 5.91 Å². The van der Waals surface area contributed by atoms with E-state index < -0.39 is 0 Å². The Kier molecular flexibility index (Phi) is 3.33. The molecule has 0 aliphatic heterocycles. The summed E-state index contributed by atoms with van der Waals surface area (Å²) in [6, 6.07) is 8.56. The van der Waals surface area contributed by atoms with Gasteiger partial charge in [0.15, 0.2) is 5.82 Å². The first kappa shape index (κ1) is 13.2. The van der Waals surface area contributed by atoms with Crippen LogP contribution in [0, 0.1) is 18.3 Å². The average molecular weight is 298 g/mol. The van der Waals surface area contributed by atoms with Gasteiger partial charge in [-0.2, -0.15) is 14.9 Å². The summed E-state index contributed by atoms with van der Waals surface area (Å²) in [6.45, 7) is 2.12. The van der Waals surface area contributed by atoms with E-state index >= 15 is 0 Å². The molecule has 0 radical (unpaired) electrons. The highest BCUT2D eigenvalue weighted by molar-refractivity contribution is 7.16. The Balaban J connectivity index is 1.71. The molecule has 3 rings (SSSR count). The van der Waals surface area contributed by atoms with Crippen LogP contribution in [0.2, 0.25) is 0 Å². The van der Waals surface area contributed by atoms with Crippen LogP contribution >= 0.6 is 11.3 Å². The van der Waals surface area contributed by atoms with Crippen molar-refractivity contribution in [2.75, 3.05) is 0 Å². The highest BCUT2D eigenvalue weighted by Gasteiger charge is 2.11. The third kappa shape index (κ3) is 2.59. The Bertz CT molecular complexity index is 859. The SMILES string of the molecule is Cc1nnc2sc(CNC(=O)c3cccc(C#N)c3)nn12. The topological polar surface area (TPSA) is 96.0 Å². The maximum absolute atomic E-state index is 12.0. The predicted octanol–water partition coefficient (Wildman–Crippen LogP) is 1.30. The molecule has 104 valence electrons. The monoisotopic (exact) mass is 298 g/mol. The molecule has 8 heteroatoms. The number of nitrogens with one attached hydrogen (secondary N) is 1. The Labute approximate surface area is 123 Å². The van der Waals surface area contributed by atoms with E-state index in [4.69, 9.17) is 5.26 Å². The number of hydrogen-bond acceptors (Lipinski definition) is 6. The molecule has 0 aliphatic rings. The van der Waals surface area contributed by atoms with Crippen LogP contribution in [0.1, 0.15) is 26.8 Å². The van der Waals surface area contributed by atoms with Gasteiger partial charge >= 0.3 is 0 Å². The van der Waals surface area contributed by atoms with Gasteiger partial charge in [-0.25, -0.2) is 0 Å². The molecule has 0 unspecified atom stereocenters. The summed E-state index contributed by atoms with van der Waals surface area (Å²) in [7, 11) is 0. The van der Waals surface area contributed by atoms with Gasteiger partial charge in [-0.3, -0.25) is 4.79 Å². The minimum Gasteiger partial charge on any atom is -0.345 e. The van der Waals surface area contributed by atoms with Gasteiger partial charge in [-0.1, -0.05) is 17.4 Å². The lowest BCUT2D eigenvalue weighted by Crippen LogP contribution is -2.22. The molecule has 2 heterocycles. The maximum atomic E-state index is 12.0. The van der Waals surface area contributed by atoms with Gasteiger partial charge in [0.05, 0.1) is 18.2 Å². The van der Waals surface area contributed by atoms with E-state index in [0.29, 0.717) is 28.5 Å². The van der Waals surface area contributed by atoms with E-state index in [1.54, 1.807) is 28.8 Å². The van der Waals surface area contributed by atoms with Crippen LogP contribution in [0.3, 0.4) is 0 Å². The van der Waals surface area contributed by atoms with Crippen molar-refractivity contribution in [3.8, 4) is 6.07 Å². The second-order valence-electron chi connectivity index (χ2n) is 4.31. The van der Waals surface area contributed by atoms with Gasteiger partial charge in [0.2, 0.25) is 4.96 Å². The van der Waals surface area contributed by atoms with Crippen molar-refractivity contribution in [3.63, 3.8) is 0 Å². The molecule has 1 amide bonds. The molecule has 0 saturated carbocycles. The van der Waals surface area contributed by atoms with E-state index in [1.165, 1.54) is 11.3 Å². The summed E-state index contributed by atoms with van der Waals surface area (Å²) in [5.41, 5.74) is 0.908. The summed E-state index contributed by atoms with van der Waals surface area (Å²) in [5.74, 6) is 0.468. The molecule has 3 aromatic rings. The lowest BCUT2D eigenvalue weighted by molar-refractivity contribution is 0.0950. The number of nitrogens with zero attached hydrogens (tertiary/aromatic N) is 5. The van der Waals surface area contributed by atoms with E-state index in [9.17, 15) is 4.79 Å². The van der Waals surface area contributed by atoms with Gasteiger partial charge in [-0.15, -0.1) is 10.2 Å². The van der Waals surface area contributed by atoms with Crippen LogP contribution in [-0.2, 0) is 6.54 Å². The average Bonchev–Trinajstić information content (AvgIpc) is 3.07. The van der Waals surface area contributed by atoms with Crippen molar-refractivity contribution >= 4 is 22.2 Å². The smallest absolute Gasteiger partial charge is 0.251 e. The third-order valence-corrected chi connectivity index (χ3v) is 3.74. The first-order chi connectivity index (χ1) is 10.2. The van der Waals surface area contributed by atoms with E-state index in [1.807, 2.05) is 13.0 Å². The fraction of sp³-hybridized carbons (Fsp3) is 0.154. The molecule has 1 aromatic carbocycles. The maximum Gasteiger partial charge on any atom is 0.251 e. The summed E-state index contributed by atoms with van der Waals surface area (Å²) >= 11 is 1.37. The predicted molar refractivity (Wildman–Crippen MR) is 75.7 cm³/mol. The highest BCUT2D eigenvalue weighted by Crippen LogP contribution is 2.13. The minimum absolute atomic E-state index is 0.241. The second-order valence-corrected chi connectivity index (χ2v) is 5.35. The number of fused-ring (bicyclic) bond motifs is 1. The van der Waals surface area contributed by atoms with Crippen LogP contribution in [-0.4, -0.2) is 25.7 Å². The Morgan fingerprint density at radius 3 is 3.10 bits per heavy atom. The zero-order chi connectivity index (χ0) is 14.8.